The first-order valence-corrected chi connectivity index (χ1v) is 11.6. The molecule has 12 nitrogen and oxygen atoms in total. The maximum absolute atomic E-state index is 12.7. The van der Waals surface area contributed by atoms with Gasteiger partial charge in [0.2, 0.25) is 5.62 Å². The standard InChI is InChI=1S/C24H26N6O6/c1-34-20-18(36-11-6-16-14-29(24(32)33)10-12-35-16)5-4-17-19(20)27-23(30-9-8-26-21(17)30)28-22(31)15-3-2-7-25-13-15/h2-5,7,13,16,26H,6,8-12,14H2,1H3,(H,32,33). The van der Waals surface area contributed by atoms with Crippen LogP contribution in [0, 0.1) is 0 Å². The summed E-state index contributed by atoms with van der Waals surface area (Å²) in [5.41, 5.74) is 1.14. The molecule has 2 amide bonds. The summed E-state index contributed by atoms with van der Waals surface area (Å²) >= 11 is 0. The van der Waals surface area contributed by atoms with E-state index in [1.54, 1.807) is 18.3 Å². The first-order valence-electron chi connectivity index (χ1n) is 11.6. The third-order valence-corrected chi connectivity index (χ3v) is 6.12. The maximum atomic E-state index is 12.7. The third-order valence-electron chi connectivity index (χ3n) is 6.12. The Kier molecular flexibility index (Phi) is 6.67. The van der Waals surface area contributed by atoms with Gasteiger partial charge in [-0.25, -0.2) is 9.78 Å². The predicted octanol–water partition coefficient (Wildman–Crippen LogP) is 1.75. The molecule has 1 unspecified atom stereocenters. The fourth-order valence-corrected chi connectivity index (χ4v) is 4.36. The van der Waals surface area contributed by atoms with Crippen molar-refractivity contribution in [3.8, 4) is 11.5 Å². The van der Waals surface area contributed by atoms with Crippen LogP contribution < -0.4 is 20.4 Å². The second-order valence-corrected chi connectivity index (χ2v) is 8.35. The van der Waals surface area contributed by atoms with Gasteiger partial charge in [0, 0.05) is 43.8 Å². The molecule has 0 radical (unpaired) electrons. The maximum Gasteiger partial charge on any atom is 0.407 e. The first-order chi connectivity index (χ1) is 17.5. The summed E-state index contributed by atoms with van der Waals surface area (Å²) < 4.78 is 19.2. The molecule has 2 aromatic heterocycles. The minimum absolute atomic E-state index is 0.243. The van der Waals surface area contributed by atoms with Crippen LogP contribution in [0.2, 0.25) is 0 Å². The summed E-state index contributed by atoms with van der Waals surface area (Å²) in [4.78, 5) is 38.3. The Balaban J connectivity index is 1.43. The molecule has 0 spiro atoms. The van der Waals surface area contributed by atoms with Crippen LogP contribution in [-0.4, -0.2) is 82.6 Å². The molecule has 0 aliphatic carbocycles. The van der Waals surface area contributed by atoms with Crippen molar-refractivity contribution in [3.05, 3.63) is 47.8 Å². The Hall–Kier alpha value is -4.19. The number of nitrogens with one attached hydrogen (secondary N) is 1. The molecule has 3 aromatic rings. The number of pyridine rings is 1. The average Bonchev–Trinajstić information content (AvgIpc) is 3.40. The number of amides is 2. The van der Waals surface area contributed by atoms with E-state index in [9.17, 15) is 14.7 Å². The Morgan fingerprint density at radius 3 is 2.97 bits per heavy atom. The number of hydrogen-bond donors (Lipinski definition) is 2. The molecule has 5 rings (SSSR count). The first kappa shape index (κ1) is 23.5. The fourth-order valence-electron chi connectivity index (χ4n) is 4.36. The number of rotatable bonds is 6. The molecule has 0 bridgehead atoms. The van der Waals surface area contributed by atoms with Crippen LogP contribution in [0.25, 0.3) is 10.9 Å². The quantitative estimate of drug-likeness (QED) is 0.524. The highest BCUT2D eigenvalue weighted by Gasteiger charge is 2.24. The van der Waals surface area contributed by atoms with E-state index in [1.807, 2.05) is 16.7 Å². The van der Waals surface area contributed by atoms with Crippen LogP contribution in [0.1, 0.15) is 16.8 Å². The average molecular weight is 495 g/mol. The molecule has 1 aromatic carbocycles. The van der Waals surface area contributed by atoms with Gasteiger partial charge in [0.15, 0.2) is 11.5 Å². The van der Waals surface area contributed by atoms with E-state index in [1.165, 1.54) is 18.2 Å². The molecular formula is C24H26N6O6. The number of fused-ring (bicyclic) bond motifs is 3. The van der Waals surface area contributed by atoms with E-state index >= 15 is 0 Å². The number of carbonyl (C=O) groups excluding carboxylic acids is 1. The molecule has 1 fully saturated rings. The highest BCUT2D eigenvalue weighted by molar-refractivity contribution is 5.96. The van der Waals surface area contributed by atoms with Crippen LogP contribution in [-0.2, 0) is 11.3 Å². The second kappa shape index (κ2) is 10.2. The summed E-state index contributed by atoms with van der Waals surface area (Å²) in [6.45, 7) is 2.63. The monoisotopic (exact) mass is 494 g/mol. The summed E-state index contributed by atoms with van der Waals surface area (Å²) in [5.74, 6) is 1.26. The molecule has 2 aliphatic rings. The summed E-state index contributed by atoms with van der Waals surface area (Å²) in [5, 5.41) is 13.4. The molecule has 36 heavy (non-hydrogen) atoms. The Labute approximate surface area is 206 Å². The lowest BCUT2D eigenvalue weighted by atomic mass is 10.2. The van der Waals surface area contributed by atoms with Gasteiger partial charge in [0.1, 0.15) is 11.3 Å². The molecule has 1 saturated heterocycles. The minimum Gasteiger partial charge on any atom is -0.491 e. The lowest BCUT2D eigenvalue weighted by Crippen LogP contribution is -2.45. The molecule has 12 heteroatoms. The normalized spacial score (nSPS) is 17.5. The van der Waals surface area contributed by atoms with Gasteiger partial charge in [-0.15, -0.1) is 0 Å². The van der Waals surface area contributed by atoms with Gasteiger partial charge in [-0.3, -0.25) is 14.3 Å². The topological polar surface area (TPSA) is 140 Å². The highest BCUT2D eigenvalue weighted by atomic mass is 16.5. The summed E-state index contributed by atoms with van der Waals surface area (Å²) in [7, 11) is 1.53. The number of carbonyl (C=O) groups is 2. The van der Waals surface area contributed by atoms with Gasteiger partial charge in [-0.05, 0) is 24.3 Å². The number of nitrogens with zero attached hydrogens (tertiary/aromatic N) is 5. The van der Waals surface area contributed by atoms with E-state index in [0.717, 1.165) is 11.2 Å². The van der Waals surface area contributed by atoms with Crippen LogP contribution in [0.5, 0.6) is 11.5 Å². The molecule has 0 saturated carbocycles. The van der Waals surface area contributed by atoms with Gasteiger partial charge in [-0.1, -0.05) is 0 Å². The van der Waals surface area contributed by atoms with Crippen LogP contribution in [0.15, 0.2) is 41.7 Å². The number of aromatic nitrogens is 3. The molecule has 1 atom stereocenters. The number of hydrogen-bond acceptors (Lipinski definition) is 8. The zero-order valence-electron chi connectivity index (χ0n) is 19.7. The fraction of sp³-hybridized carbons (Fsp3) is 0.375. The zero-order valence-corrected chi connectivity index (χ0v) is 19.7. The SMILES string of the molecule is COc1c(OCCC2CN(C(=O)O)CCO2)ccc2c3n(c(=NC(=O)c4cccnc4)nc12)CCN3. The van der Waals surface area contributed by atoms with E-state index < -0.39 is 12.0 Å². The lowest BCUT2D eigenvalue weighted by Gasteiger charge is -2.30. The summed E-state index contributed by atoms with van der Waals surface area (Å²) in [6, 6.07) is 7.04. The molecular weight excluding hydrogens is 468 g/mol. The number of methoxy groups -OCH3 is 1. The Bertz CT molecular complexity index is 1360. The third kappa shape index (κ3) is 4.67. The number of benzene rings is 1. The summed E-state index contributed by atoms with van der Waals surface area (Å²) in [6.07, 6.45) is 2.38. The van der Waals surface area contributed by atoms with Crippen molar-refractivity contribution in [2.75, 3.05) is 45.3 Å². The van der Waals surface area contributed by atoms with E-state index in [-0.39, 0.29) is 11.7 Å². The second-order valence-electron chi connectivity index (χ2n) is 8.35. The van der Waals surface area contributed by atoms with Crippen LogP contribution in [0.4, 0.5) is 10.6 Å². The van der Waals surface area contributed by atoms with Crippen molar-refractivity contribution in [1.29, 1.82) is 0 Å². The van der Waals surface area contributed by atoms with Crippen LogP contribution >= 0.6 is 0 Å². The van der Waals surface area contributed by atoms with Crippen molar-refractivity contribution in [2.45, 2.75) is 19.1 Å². The predicted molar refractivity (Wildman–Crippen MR) is 128 cm³/mol. The van der Waals surface area contributed by atoms with Crippen molar-refractivity contribution >= 4 is 28.7 Å². The highest BCUT2D eigenvalue weighted by Crippen LogP contribution is 2.37. The molecule has 2 N–H and O–H groups in total. The number of morpholine rings is 1. The largest absolute Gasteiger partial charge is 0.491 e. The smallest absolute Gasteiger partial charge is 0.407 e. The van der Waals surface area contributed by atoms with E-state index in [4.69, 9.17) is 14.2 Å². The Morgan fingerprint density at radius 1 is 1.31 bits per heavy atom. The van der Waals surface area contributed by atoms with Gasteiger partial charge in [0.05, 0.1) is 38.5 Å². The van der Waals surface area contributed by atoms with Crippen molar-refractivity contribution in [3.63, 3.8) is 0 Å². The molecule has 188 valence electrons. The Morgan fingerprint density at radius 2 is 2.19 bits per heavy atom. The van der Waals surface area contributed by atoms with Gasteiger partial charge in [-0.2, -0.15) is 4.99 Å². The minimum atomic E-state index is -0.950. The van der Waals surface area contributed by atoms with Crippen molar-refractivity contribution in [2.24, 2.45) is 4.99 Å². The van der Waals surface area contributed by atoms with Gasteiger partial charge < -0.3 is 29.5 Å². The molecule has 4 heterocycles. The number of ether oxygens (including phenoxy) is 3. The number of anilines is 1. The van der Waals surface area contributed by atoms with Gasteiger partial charge >= 0.3 is 6.09 Å². The van der Waals surface area contributed by atoms with E-state index in [0.29, 0.717) is 68.4 Å². The van der Waals surface area contributed by atoms with E-state index in [2.05, 4.69) is 20.3 Å². The van der Waals surface area contributed by atoms with Crippen LogP contribution in [0.3, 0.4) is 0 Å². The molecule has 2 aliphatic heterocycles. The lowest BCUT2D eigenvalue weighted by molar-refractivity contribution is -0.0302. The zero-order chi connectivity index (χ0) is 25.1. The van der Waals surface area contributed by atoms with Crippen molar-refractivity contribution in [1.82, 2.24) is 19.4 Å². The number of carboxylic acid groups (broad SMARTS) is 1. The van der Waals surface area contributed by atoms with Gasteiger partial charge in [0.25, 0.3) is 5.91 Å². The van der Waals surface area contributed by atoms with Crippen molar-refractivity contribution < 1.29 is 28.9 Å².